The van der Waals surface area contributed by atoms with Crippen LogP contribution in [0.15, 0.2) is 23.1 Å². The third kappa shape index (κ3) is 5.58. The van der Waals surface area contributed by atoms with E-state index in [2.05, 4.69) is 26.1 Å². The van der Waals surface area contributed by atoms with Crippen LogP contribution in [0, 0.1) is 5.41 Å². The lowest BCUT2D eigenvalue weighted by atomic mass is 9.87. The first-order valence-electron chi connectivity index (χ1n) is 7.50. The second kappa shape index (κ2) is 7.16. The quantitative estimate of drug-likeness (QED) is 0.567. The van der Waals surface area contributed by atoms with E-state index in [-0.39, 0.29) is 10.3 Å². The maximum atomic E-state index is 11.7. The van der Waals surface area contributed by atoms with Gasteiger partial charge in [-0.05, 0) is 24.0 Å². The zero-order valence-electron chi connectivity index (χ0n) is 13.6. The van der Waals surface area contributed by atoms with Crippen molar-refractivity contribution in [1.29, 1.82) is 0 Å². The average molecular weight is 312 g/mol. The van der Waals surface area contributed by atoms with Crippen molar-refractivity contribution in [3.63, 3.8) is 0 Å². The molecule has 0 heterocycles. The lowest BCUT2D eigenvalue weighted by Gasteiger charge is -2.26. The normalized spacial score (nSPS) is 12.4. The molecule has 0 saturated carbocycles. The van der Waals surface area contributed by atoms with Crippen molar-refractivity contribution in [3.8, 4) is 0 Å². The number of sulfone groups is 1. The Labute approximate surface area is 129 Å². The van der Waals surface area contributed by atoms with E-state index in [9.17, 15) is 8.42 Å². The molecule has 0 aliphatic carbocycles. The highest BCUT2D eigenvalue weighted by Crippen LogP contribution is 2.29. The van der Waals surface area contributed by atoms with Crippen molar-refractivity contribution in [2.45, 2.75) is 51.3 Å². The van der Waals surface area contributed by atoms with Gasteiger partial charge in [-0.2, -0.15) is 0 Å². The van der Waals surface area contributed by atoms with Crippen molar-refractivity contribution in [1.82, 2.24) is 0 Å². The lowest BCUT2D eigenvalue weighted by Crippen LogP contribution is -2.23. The van der Waals surface area contributed by atoms with Gasteiger partial charge in [-0.25, -0.2) is 8.42 Å². The zero-order chi connectivity index (χ0) is 16.1. The van der Waals surface area contributed by atoms with Gasteiger partial charge in [-0.3, -0.25) is 0 Å². The average Bonchev–Trinajstić information content (AvgIpc) is 2.36. The summed E-state index contributed by atoms with van der Waals surface area (Å²) in [5, 5.41) is 3.30. The Hall–Kier alpha value is -1.23. The van der Waals surface area contributed by atoms with Gasteiger partial charge in [0.25, 0.3) is 0 Å². The second-order valence-corrected chi connectivity index (χ2v) is 8.45. The molecule has 0 atom stereocenters. The molecule has 21 heavy (non-hydrogen) atoms. The molecule has 5 heteroatoms. The summed E-state index contributed by atoms with van der Waals surface area (Å²) in [6, 6.07) is 5.09. The molecule has 0 aromatic heterocycles. The third-order valence-electron chi connectivity index (χ3n) is 3.68. The summed E-state index contributed by atoms with van der Waals surface area (Å²) in [5.41, 5.74) is 7.14. The second-order valence-electron chi connectivity index (χ2n) is 6.46. The Balaban J connectivity index is 2.76. The SMILES string of the molecule is CCCCCC(C)(C)CNc1cccc(S(C)(=O)=O)c1N. The van der Waals surface area contributed by atoms with Crippen molar-refractivity contribution < 1.29 is 8.42 Å². The van der Waals surface area contributed by atoms with E-state index >= 15 is 0 Å². The Morgan fingerprint density at radius 2 is 1.90 bits per heavy atom. The number of nitrogen functional groups attached to an aromatic ring is 1. The minimum atomic E-state index is -3.29. The Bertz CT molecular complexity index is 566. The molecule has 120 valence electrons. The number of hydrogen-bond acceptors (Lipinski definition) is 4. The summed E-state index contributed by atoms with van der Waals surface area (Å²) in [6.45, 7) is 7.40. The molecule has 1 rings (SSSR count). The summed E-state index contributed by atoms with van der Waals surface area (Å²) < 4.78 is 23.3. The van der Waals surface area contributed by atoms with Crippen LogP contribution >= 0.6 is 0 Å². The van der Waals surface area contributed by atoms with Crippen LogP contribution < -0.4 is 11.1 Å². The Kier molecular flexibility index (Phi) is 6.08. The standard InChI is InChI=1S/C16H28N2O2S/c1-5-6-7-11-16(2,3)12-18-13-9-8-10-14(15(13)17)21(4,19)20/h8-10,18H,5-7,11-12,17H2,1-4H3. The van der Waals surface area contributed by atoms with Gasteiger partial charge in [0.1, 0.15) is 0 Å². The maximum absolute atomic E-state index is 11.7. The fourth-order valence-electron chi connectivity index (χ4n) is 2.30. The number of benzene rings is 1. The molecule has 0 aliphatic rings. The van der Waals surface area contributed by atoms with Crippen LogP contribution in [0.2, 0.25) is 0 Å². The van der Waals surface area contributed by atoms with Crippen molar-refractivity contribution in [2.75, 3.05) is 23.9 Å². The molecule has 0 bridgehead atoms. The van der Waals surface area contributed by atoms with Crippen molar-refractivity contribution in [2.24, 2.45) is 5.41 Å². The summed E-state index contributed by atoms with van der Waals surface area (Å²) in [4.78, 5) is 0.191. The van der Waals surface area contributed by atoms with Gasteiger partial charge in [-0.15, -0.1) is 0 Å². The van der Waals surface area contributed by atoms with Crippen LogP contribution in [0.4, 0.5) is 11.4 Å². The van der Waals surface area contributed by atoms with Gasteiger partial charge in [0.05, 0.1) is 16.3 Å². The summed E-state index contributed by atoms with van der Waals surface area (Å²) in [6.07, 6.45) is 5.99. The molecule has 0 aliphatic heterocycles. The van der Waals surface area contributed by atoms with Gasteiger partial charge in [-0.1, -0.05) is 46.1 Å². The van der Waals surface area contributed by atoms with E-state index in [1.54, 1.807) is 12.1 Å². The van der Waals surface area contributed by atoms with Gasteiger partial charge < -0.3 is 11.1 Å². The topological polar surface area (TPSA) is 72.2 Å². The van der Waals surface area contributed by atoms with Crippen molar-refractivity contribution in [3.05, 3.63) is 18.2 Å². The number of nitrogens with two attached hydrogens (primary N) is 1. The van der Waals surface area contributed by atoms with Gasteiger partial charge in [0.2, 0.25) is 0 Å². The number of para-hydroxylation sites is 1. The molecule has 4 nitrogen and oxygen atoms in total. The molecule has 0 radical (unpaired) electrons. The smallest absolute Gasteiger partial charge is 0.177 e. The Morgan fingerprint density at radius 1 is 1.24 bits per heavy atom. The molecular weight excluding hydrogens is 284 g/mol. The van der Waals surface area contributed by atoms with E-state index in [1.165, 1.54) is 25.5 Å². The first-order chi connectivity index (χ1) is 9.67. The van der Waals surface area contributed by atoms with Gasteiger partial charge >= 0.3 is 0 Å². The van der Waals surface area contributed by atoms with Crippen LogP contribution in [0.1, 0.15) is 46.5 Å². The third-order valence-corrected chi connectivity index (χ3v) is 4.84. The highest BCUT2D eigenvalue weighted by atomic mass is 32.2. The highest BCUT2D eigenvalue weighted by Gasteiger charge is 2.19. The predicted octanol–water partition coefficient (Wildman–Crippen LogP) is 3.69. The maximum Gasteiger partial charge on any atom is 0.177 e. The number of unbranched alkanes of at least 4 members (excludes halogenated alkanes) is 2. The first kappa shape index (κ1) is 17.8. The van der Waals surface area contributed by atoms with Crippen LogP contribution in [-0.2, 0) is 9.84 Å². The number of rotatable bonds is 8. The molecule has 1 aromatic rings. The van der Waals surface area contributed by atoms with E-state index in [0.717, 1.165) is 13.0 Å². The van der Waals surface area contributed by atoms with Gasteiger partial charge in [0, 0.05) is 12.8 Å². The van der Waals surface area contributed by atoms with Crippen molar-refractivity contribution >= 4 is 21.2 Å². The molecule has 0 spiro atoms. The fraction of sp³-hybridized carbons (Fsp3) is 0.625. The monoisotopic (exact) mass is 312 g/mol. The number of anilines is 2. The minimum Gasteiger partial charge on any atom is -0.396 e. The molecule has 3 N–H and O–H groups in total. The van der Waals surface area contributed by atoms with Crippen LogP contribution in [0.25, 0.3) is 0 Å². The van der Waals surface area contributed by atoms with E-state index in [1.807, 2.05) is 6.07 Å². The lowest BCUT2D eigenvalue weighted by molar-refractivity contribution is 0.342. The molecule has 0 unspecified atom stereocenters. The highest BCUT2D eigenvalue weighted by molar-refractivity contribution is 7.90. The Morgan fingerprint density at radius 3 is 2.48 bits per heavy atom. The zero-order valence-corrected chi connectivity index (χ0v) is 14.4. The van der Waals surface area contributed by atoms with Crippen LogP contribution in [-0.4, -0.2) is 21.2 Å². The van der Waals surface area contributed by atoms with E-state index in [0.29, 0.717) is 11.4 Å². The summed E-state index contributed by atoms with van der Waals surface area (Å²) >= 11 is 0. The fourth-order valence-corrected chi connectivity index (χ4v) is 3.13. The molecular formula is C16H28N2O2S. The molecule has 1 aromatic carbocycles. The number of hydrogen-bond donors (Lipinski definition) is 2. The van der Waals surface area contributed by atoms with E-state index in [4.69, 9.17) is 5.73 Å². The van der Waals surface area contributed by atoms with Gasteiger partial charge in [0.15, 0.2) is 9.84 Å². The summed E-state index contributed by atoms with van der Waals surface area (Å²) in [7, 11) is -3.29. The van der Waals surface area contributed by atoms with Crippen LogP contribution in [0.5, 0.6) is 0 Å². The van der Waals surface area contributed by atoms with Crippen LogP contribution in [0.3, 0.4) is 0 Å². The predicted molar refractivity (Wildman–Crippen MR) is 90.4 cm³/mol. The largest absolute Gasteiger partial charge is 0.396 e. The summed E-state index contributed by atoms with van der Waals surface area (Å²) in [5.74, 6) is 0. The van der Waals surface area contributed by atoms with E-state index < -0.39 is 9.84 Å². The minimum absolute atomic E-state index is 0.155. The molecule has 0 amide bonds. The first-order valence-corrected chi connectivity index (χ1v) is 9.39. The molecule has 0 fully saturated rings. The molecule has 0 saturated heterocycles. The number of nitrogens with one attached hydrogen (secondary N) is 1.